The van der Waals surface area contributed by atoms with Crippen LogP contribution >= 0.6 is 11.6 Å². The zero-order valence-electron chi connectivity index (χ0n) is 22.6. The molecule has 0 bridgehead atoms. The lowest BCUT2D eigenvalue weighted by molar-refractivity contribution is -0.123. The van der Waals surface area contributed by atoms with E-state index >= 15 is 0 Å². The van der Waals surface area contributed by atoms with Crippen molar-refractivity contribution in [2.45, 2.75) is 17.4 Å². The fraction of sp³-hybridized carbons (Fsp3) is 0.310. The van der Waals surface area contributed by atoms with Crippen molar-refractivity contribution in [3.8, 4) is 5.75 Å². The Bertz CT molecular complexity index is 1680. The van der Waals surface area contributed by atoms with Crippen molar-refractivity contribution >= 4 is 38.6 Å². The van der Waals surface area contributed by atoms with Crippen LogP contribution < -0.4 is 21.1 Å². The molecular weight excluding hydrogens is 566 g/mol. The van der Waals surface area contributed by atoms with Crippen LogP contribution in [0.15, 0.2) is 82.5 Å². The van der Waals surface area contributed by atoms with Crippen molar-refractivity contribution in [3.05, 3.63) is 93.9 Å². The molecule has 5 rings (SSSR count). The molecule has 12 heteroatoms. The molecular formula is C29H32ClN5O5S. The summed E-state index contributed by atoms with van der Waals surface area (Å²) in [6.07, 6.45) is 0.738. The molecule has 2 N–H and O–H groups in total. The van der Waals surface area contributed by atoms with E-state index in [1.54, 1.807) is 24.3 Å². The molecule has 4 aromatic rings. The van der Waals surface area contributed by atoms with E-state index in [1.165, 1.54) is 54.1 Å². The molecule has 1 aliphatic heterocycles. The largest absolute Gasteiger partial charge is 0.497 e. The van der Waals surface area contributed by atoms with E-state index in [0.29, 0.717) is 22.9 Å². The van der Waals surface area contributed by atoms with E-state index in [1.807, 2.05) is 6.07 Å². The summed E-state index contributed by atoms with van der Waals surface area (Å²) in [5, 5.41) is 6.59. The first-order valence-electron chi connectivity index (χ1n) is 13.4. The minimum Gasteiger partial charge on any atom is -0.497 e. The first kappa shape index (κ1) is 28.9. The molecule has 1 atom stereocenters. The Balaban J connectivity index is 1.56. The molecule has 1 unspecified atom stereocenters. The first-order valence-corrected chi connectivity index (χ1v) is 15.2. The number of aromatic nitrogens is 2. The Morgan fingerprint density at radius 2 is 1.73 bits per heavy atom. The first-order chi connectivity index (χ1) is 19.8. The Hall–Kier alpha value is -3.64. The quantitative estimate of drug-likeness (QED) is 0.270. The third-order valence-electron chi connectivity index (χ3n) is 7.18. The molecule has 1 aromatic heterocycles. The number of fused-ring (bicyclic) bond motifs is 1. The maximum Gasteiger partial charge on any atom is 0.344 e. The maximum atomic E-state index is 14.1. The molecule has 3 aromatic carbocycles. The third-order valence-corrected chi connectivity index (χ3v) is 9.11. The highest BCUT2D eigenvalue weighted by atomic mass is 35.5. The number of nitrogens with zero attached hydrogens (tertiary/aromatic N) is 3. The molecule has 1 fully saturated rings. The summed E-state index contributed by atoms with van der Waals surface area (Å²) in [7, 11) is -2.87. The Labute approximate surface area is 243 Å². The van der Waals surface area contributed by atoms with Crippen LogP contribution in [0.25, 0.3) is 11.0 Å². The third kappa shape index (κ3) is 6.03. The highest BCUT2D eigenvalue weighted by molar-refractivity contribution is 7.90. The van der Waals surface area contributed by atoms with Crippen LogP contribution in [0, 0.1) is 0 Å². The van der Waals surface area contributed by atoms with Gasteiger partial charge in [-0.25, -0.2) is 13.2 Å². The summed E-state index contributed by atoms with van der Waals surface area (Å²) < 4.78 is 34.7. The van der Waals surface area contributed by atoms with Gasteiger partial charge >= 0.3 is 5.69 Å². The number of methoxy groups -OCH3 is 1. The van der Waals surface area contributed by atoms with Crippen LogP contribution in [0.5, 0.6) is 5.75 Å². The van der Waals surface area contributed by atoms with Gasteiger partial charge in [-0.1, -0.05) is 41.9 Å². The number of hydrogen-bond acceptors (Lipinski definition) is 7. The molecule has 2 heterocycles. The summed E-state index contributed by atoms with van der Waals surface area (Å²) in [4.78, 5) is 30.1. The summed E-state index contributed by atoms with van der Waals surface area (Å²) in [5.41, 5.74) is 0.00467. The normalized spacial score (nSPS) is 15.1. The molecule has 216 valence electrons. The zero-order valence-corrected chi connectivity index (χ0v) is 24.2. The van der Waals surface area contributed by atoms with Gasteiger partial charge in [-0.05, 0) is 61.0 Å². The van der Waals surface area contributed by atoms with Crippen LogP contribution in [-0.2, 0) is 14.8 Å². The van der Waals surface area contributed by atoms with Gasteiger partial charge in [0.25, 0.3) is 10.0 Å². The number of ether oxygens (including phenoxy) is 1. The SMILES string of the molecule is COc1ccc(S(=O)(=O)n2c(=O)n(C(C(=O)NCCCN3CCNCC3)c3ccccc3)c3cc(Cl)ccc32)cc1. The monoisotopic (exact) mass is 597 g/mol. The molecule has 10 nitrogen and oxygen atoms in total. The molecule has 41 heavy (non-hydrogen) atoms. The van der Waals surface area contributed by atoms with Gasteiger partial charge in [-0.15, -0.1) is 0 Å². The minimum absolute atomic E-state index is 0.0944. The highest BCUT2D eigenvalue weighted by Gasteiger charge is 2.32. The average molecular weight is 598 g/mol. The van der Waals surface area contributed by atoms with E-state index in [9.17, 15) is 18.0 Å². The number of imidazole rings is 1. The van der Waals surface area contributed by atoms with E-state index in [0.717, 1.165) is 43.1 Å². The topological polar surface area (TPSA) is 115 Å². The van der Waals surface area contributed by atoms with Crippen molar-refractivity contribution < 1.29 is 17.9 Å². The van der Waals surface area contributed by atoms with Crippen LogP contribution in [0.4, 0.5) is 0 Å². The number of piperazine rings is 1. The van der Waals surface area contributed by atoms with Crippen LogP contribution in [0.2, 0.25) is 5.02 Å². The molecule has 0 saturated carbocycles. The van der Waals surface area contributed by atoms with Crippen LogP contribution in [-0.4, -0.2) is 74.1 Å². The molecule has 0 aliphatic carbocycles. The zero-order chi connectivity index (χ0) is 29.0. The number of rotatable bonds is 10. The smallest absolute Gasteiger partial charge is 0.344 e. The summed E-state index contributed by atoms with van der Waals surface area (Å²) >= 11 is 6.33. The number of amides is 1. The molecule has 1 saturated heterocycles. The standard InChI is InChI=1S/C29H32ClN5O5S/c1-40-23-9-11-24(12-10-23)41(38,39)35-25-13-8-22(30)20-26(25)34(29(35)37)27(21-6-3-2-4-7-21)28(36)32-14-5-17-33-18-15-31-16-19-33/h2-4,6-13,20,27,31H,5,14-19H2,1H3,(H,32,36). The van der Waals surface area contributed by atoms with E-state index < -0.39 is 27.7 Å². The van der Waals surface area contributed by atoms with Crippen molar-refractivity contribution in [2.75, 3.05) is 46.4 Å². The highest BCUT2D eigenvalue weighted by Crippen LogP contribution is 2.28. The number of carbonyl (C=O) groups excluding carboxylic acids is 1. The van der Waals surface area contributed by atoms with Crippen LogP contribution in [0.1, 0.15) is 18.0 Å². The number of halogens is 1. The van der Waals surface area contributed by atoms with Crippen molar-refractivity contribution in [2.24, 2.45) is 0 Å². The maximum absolute atomic E-state index is 14.1. The van der Waals surface area contributed by atoms with E-state index in [2.05, 4.69) is 15.5 Å². The second-order valence-electron chi connectivity index (χ2n) is 9.78. The fourth-order valence-corrected chi connectivity index (χ4v) is 6.66. The van der Waals surface area contributed by atoms with Gasteiger partial charge in [0, 0.05) is 37.7 Å². The Kier molecular flexibility index (Phi) is 8.79. The Morgan fingerprint density at radius 3 is 2.41 bits per heavy atom. The van der Waals surface area contributed by atoms with Gasteiger partial charge in [-0.2, -0.15) is 3.97 Å². The van der Waals surface area contributed by atoms with Gasteiger partial charge in [0.15, 0.2) is 0 Å². The summed E-state index contributed by atoms with van der Waals surface area (Å²) in [5.74, 6) is 0.0581. The summed E-state index contributed by atoms with van der Waals surface area (Å²) in [6, 6.07) is 18.0. The number of benzene rings is 3. The number of nitrogens with one attached hydrogen (secondary N) is 2. The van der Waals surface area contributed by atoms with Gasteiger partial charge in [-0.3, -0.25) is 9.36 Å². The summed E-state index contributed by atoms with van der Waals surface area (Å²) in [6.45, 7) is 5.05. The fourth-order valence-electron chi connectivity index (χ4n) is 5.10. The Morgan fingerprint density at radius 1 is 1.02 bits per heavy atom. The lowest BCUT2D eigenvalue weighted by atomic mass is 10.1. The van der Waals surface area contributed by atoms with Gasteiger partial charge < -0.3 is 20.3 Å². The molecule has 1 aliphatic rings. The second-order valence-corrected chi connectivity index (χ2v) is 12.0. The van der Waals surface area contributed by atoms with Crippen LogP contribution in [0.3, 0.4) is 0 Å². The minimum atomic E-state index is -4.35. The lowest BCUT2D eigenvalue weighted by Gasteiger charge is -2.27. The van der Waals surface area contributed by atoms with E-state index in [4.69, 9.17) is 16.3 Å². The van der Waals surface area contributed by atoms with Crippen molar-refractivity contribution in [1.82, 2.24) is 24.1 Å². The average Bonchev–Trinajstić information content (AvgIpc) is 3.28. The molecule has 0 spiro atoms. The van der Waals surface area contributed by atoms with E-state index in [-0.39, 0.29) is 15.9 Å². The predicted octanol–water partition coefficient (Wildman–Crippen LogP) is 2.70. The predicted molar refractivity (Wildman–Crippen MR) is 158 cm³/mol. The molecule has 0 radical (unpaired) electrons. The van der Waals surface area contributed by atoms with Gasteiger partial charge in [0.1, 0.15) is 11.8 Å². The van der Waals surface area contributed by atoms with Gasteiger partial charge in [0.05, 0.1) is 23.0 Å². The number of hydrogen-bond donors (Lipinski definition) is 2. The van der Waals surface area contributed by atoms with Gasteiger partial charge in [0.2, 0.25) is 5.91 Å². The number of carbonyl (C=O) groups is 1. The lowest BCUT2D eigenvalue weighted by Crippen LogP contribution is -2.44. The van der Waals surface area contributed by atoms with Crippen molar-refractivity contribution in [3.63, 3.8) is 0 Å². The van der Waals surface area contributed by atoms with Crippen molar-refractivity contribution in [1.29, 1.82) is 0 Å². The second kappa shape index (κ2) is 12.5. The molecule has 1 amide bonds.